The van der Waals surface area contributed by atoms with E-state index in [1.807, 2.05) is 30.1 Å². The molecule has 3 heterocycles. The Hall–Kier alpha value is -2.74. The molecule has 2 aromatic rings. The van der Waals surface area contributed by atoms with Gasteiger partial charge < -0.3 is 9.64 Å². The summed E-state index contributed by atoms with van der Waals surface area (Å²) in [4.78, 5) is 32.1. The molecule has 8 heteroatoms. The van der Waals surface area contributed by atoms with Crippen LogP contribution in [0.3, 0.4) is 0 Å². The third kappa shape index (κ3) is 4.03. The van der Waals surface area contributed by atoms with Crippen molar-refractivity contribution in [3.05, 3.63) is 47.5 Å². The largest absolute Gasteiger partial charge is 0.464 e. The van der Waals surface area contributed by atoms with Gasteiger partial charge in [0.2, 0.25) is 5.91 Å². The molecule has 1 aliphatic rings. The summed E-state index contributed by atoms with van der Waals surface area (Å²) in [6, 6.07) is 7.43. The molecule has 0 unspecified atom stereocenters. The standard InChI is InChI=1S/C17H21N5O3/c1-20(10-13-5-3-4-6-18-13)12-16(23)21-7-8-22-14(11-21)9-15(19-22)17(24)25-2/h3-6,9H,7-8,10-12H2,1-2H3. The van der Waals surface area contributed by atoms with Gasteiger partial charge >= 0.3 is 5.97 Å². The van der Waals surface area contributed by atoms with Gasteiger partial charge in [0, 0.05) is 19.3 Å². The Balaban J connectivity index is 1.58. The van der Waals surface area contributed by atoms with E-state index >= 15 is 0 Å². The van der Waals surface area contributed by atoms with E-state index in [9.17, 15) is 9.59 Å². The predicted octanol–water partition coefficient (Wildman–Crippen LogP) is 0.539. The highest BCUT2D eigenvalue weighted by atomic mass is 16.5. The van der Waals surface area contributed by atoms with Crippen molar-refractivity contribution < 1.29 is 14.3 Å². The summed E-state index contributed by atoms with van der Waals surface area (Å²) in [5, 5.41) is 4.22. The number of ether oxygens (including phenoxy) is 1. The molecule has 0 aliphatic carbocycles. The SMILES string of the molecule is COC(=O)c1cc2n(n1)CCN(C(=O)CN(C)Cc1ccccn1)C2. The highest BCUT2D eigenvalue weighted by Gasteiger charge is 2.24. The summed E-state index contributed by atoms with van der Waals surface area (Å²) in [6.07, 6.45) is 1.75. The van der Waals surface area contributed by atoms with Gasteiger partial charge in [-0.3, -0.25) is 19.4 Å². The summed E-state index contributed by atoms with van der Waals surface area (Å²) < 4.78 is 6.45. The van der Waals surface area contributed by atoms with Crippen molar-refractivity contribution in [1.82, 2.24) is 24.6 Å². The fraction of sp³-hybridized carbons (Fsp3) is 0.412. The smallest absolute Gasteiger partial charge is 0.358 e. The number of hydrogen-bond acceptors (Lipinski definition) is 6. The molecular weight excluding hydrogens is 322 g/mol. The summed E-state index contributed by atoms with van der Waals surface area (Å²) in [5.74, 6) is -0.416. The van der Waals surface area contributed by atoms with Crippen LogP contribution in [0.4, 0.5) is 0 Å². The maximum absolute atomic E-state index is 12.5. The van der Waals surface area contributed by atoms with Crippen LogP contribution in [-0.4, -0.2) is 63.7 Å². The average Bonchev–Trinajstić information content (AvgIpc) is 3.05. The van der Waals surface area contributed by atoms with Gasteiger partial charge in [0.25, 0.3) is 0 Å². The second-order valence-electron chi connectivity index (χ2n) is 6.04. The number of rotatable bonds is 5. The summed E-state index contributed by atoms with van der Waals surface area (Å²) in [7, 11) is 3.23. The van der Waals surface area contributed by atoms with Gasteiger partial charge in [-0.05, 0) is 25.2 Å². The maximum atomic E-state index is 12.5. The zero-order valence-electron chi connectivity index (χ0n) is 14.4. The van der Waals surface area contributed by atoms with E-state index in [0.717, 1.165) is 11.4 Å². The van der Waals surface area contributed by atoms with Gasteiger partial charge in [-0.2, -0.15) is 5.10 Å². The first-order valence-electron chi connectivity index (χ1n) is 8.08. The zero-order chi connectivity index (χ0) is 17.8. The molecule has 1 amide bonds. The lowest BCUT2D eigenvalue weighted by Gasteiger charge is -2.29. The Morgan fingerprint density at radius 2 is 2.16 bits per heavy atom. The van der Waals surface area contributed by atoms with E-state index in [2.05, 4.69) is 14.8 Å². The number of amides is 1. The lowest BCUT2D eigenvalue weighted by Crippen LogP contribution is -2.43. The van der Waals surface area contributed by atoms with Crippen molar-refractivity contribution >= 4 is 11.9 Å². The Labute approximate surface area is 146 Å². The molecule has 0 saturated carbocycles. The molecular formula is C17H21N5O3. The minimum Gasteiger partial charge on any atom is -0.464 e. The molecule has 0 saturated heterocycles. The van der Waals surface area contributed by atoms with Crippen molar-refractivity contribution in [1.29, 1.82) is 0 Å². The van der Waals surface area contributed by atoms with Gasteiger partial charge in [0.1, 0.15) is 0 Å². The predicted molar refractivity (Wildman–Crippen MR) is 89.6 cm³/mol. The topological polar surface area (TPSA) is 80.6 Å². The van der Waals surface area contributed by atoms with Gasteiger partial charge in [-0.15, -0.1) is 0 Å². The number of pyridine rings is 1. The van der Waals surface area contributed by atoms with Crippen molar-refractivity contribution in [2.75, 3.05) is 27.2 Å². The molecule has 0 atom stereocenters. The number of hydrogen-bond donors (Lipinski definition) is 0. The molecule has 1 aliphatic heterocycles. The van der Waals surface area contributed by atoms with Crippen LogP contribution in [0, 0.1) is 0 Å². The number of methoxy groups -OCH3 is 1. The molecule has 0 bridgehead atoms. The highest BCUT2D eigenvalue weighted by Crippen LogP contribution is 2.15. The summed E-state index contributed by atoms with van der Waals surface area (Å²) in [5.41, 5.74) is 2.05. The van der Waals surface area contributed by atoms with E-state index in [1.165, 1.54) is 7.11 Å². The number of aromatic nitrogens is 3. The van der Waals surface area contributed by atoms with Crippen molar-refractivity contribution in [2.24, 2.45) is 0 Å². The van der Waals surface area contributed by atoms with Gasteiger partial charge in [-0.25, -0.2) is 4.79 Å². The molecule has 8 nitrogen and oxygen atoms in total. The zero-order valence-corrected chi connectivity index (χ0v) is 14.4. The lowest BCUT2D eigenvalue weighted by molar-refractivity contribution is -0.133. The van der Waals surface area contributed by atoms with E-state index in [1.54, 1.807) is 21.8 Å². The fourth-order valence-corrected chi connectivity index (χ4v) is 2.84. The number of esters is 1. The van der Waals surface area contributed by atoms with Crippen molar-refractivity contribution in [3.8, 4) is 0 Å². The molecule has 0 radical (unpaired) electrons. The van der Waals surface area contributed by atoms with Crippen molar-refractivity contribution in [2.45, 2.75) is 19.6 Å². The molecule has 132 valence electrons. The third-order valence-electron chi connectivity index (χ3n) is 4.11. The van der Waals surface area contributed by atoms with Crippen LogP contribution in [0.25, 0.3) is 0 Å². The van der Waals surface area contributed by atoms with Gasteiger partial charge in [0.15, 0.2) is 5.69 Å². The first kappa shape index (κ1) is 17.1. The molecule has 25 heavy (non-hydrogen) atoms. The molecule has 2 aromatic heterocycles. The first-order chi connectivity index (χ1) is 12.1. The van der Waals surface area contributed by atoms with Crippen LogP contribution >= 0.6 is 0 Å². The highest BCUT2D eigenvalue weighted by molar-refractivity contribution is 5.87. The third-order valence-corrected chi connectivity index (χ3v) is 4.11. The summed E-state index contributed by atoms with van der Waals surface area (Å²) >= 11 is 0. The van der Waals surface area contributed by atoms with Crippen LogP contribution in [0.1, 0.15) is 21.9 Å². The molecule has 0 spiro atoms. The van der Waals surface area contributed by atoms with Crippen LogP contribution in [0.15, 0.2) is 30.5 Å². The first-order valence-corrected chi connectivity index (χ1v) is 8.08. The Morgan fingerprint density at radius 3 is 2.88 bits per heavy atom. The van der Waals surface area contributed by atoms with Crippen LogP contribution in [0.2, 0.25) is 0 Å². The number of nitrogens with zero attached hydrogens (tertiary/aromatic N) is 5. The average molecular weight is 343 g/mol. The second kappa shape index (κ2) is 7.43. The maximum Gasteiger partial charge on any atom is 0.358 e. The molecule has 3 rings (SSSR count). The minimum absolute atomic E-state index is 0.0468. The number of carbonyl (C=O) groups excluding carboxylic acids is 2. The van der Waals surface area contributed by atoms with E-state index in [-0.39, 0.29) is 11.6 Å². The van der Waals surface area contributed by atoms with Crippen LogP contribution < -0.4 is 0 Å². The quantitative estimate of drug-likeness (QED) is 0.737. The van der Waals surface area contributed by atoms with E-state index in [0.29, 0.717) is 32.7 Å². The Bertz CT molecular complexity index is 759. The number of likely N-dealkylation sites (N-methyl/N-ethyl adjacent to an activating group) is 1. The fourth-order valence-electron chi connectivity index (χ4n) is 2.84. The number of fused-ring (bicyclic) bond motifs is 1. The van der Waals surface area contributed by atoms with Gasteiger partial charge in [0.05, 0.1) is 38.1 Å². The summed E-state index contributed by atoms with van der Waals surface area (Å²) in [6.45, 7) is 2.52. The second-order valence-corrected chi connectivity index (χ2v) is 6.04. The number of carbonyl (C=O) groups is 2. The van der Waals surface area contributed by atoms with Crippen LogP contribution in [-0.2, 0) is 29.2 Å². The molecule has 0 aromatic carbocycles. The molecule has 0 N–H and O–H groups in total. The monoisotopic (exact) mass is 343 g/mol. The van der Waals surface area contributed by atoms with Gasteiger partial charge in [-0.1, -0.05) is 6.07 Å². The van der Waals surface area contributed by atoms with Crippen molar-refractivity contribution in [3.63, 3.8) is 0 Å². The Kier molecular flexibility index (Phi) is 5.08. The van der Waals surface area contributed by atoms with E-state index < -0.39 is 5.97 Å². The molecule has 0 fully saturated rings. The lowest BCUT2D eigenvalue weighted by atomic mass is 10.2. The van der Waals surface area contributed by atoms with Crippen LogP contribution in [0.5, 0.6) is 0 Å². The van der Waals surface area contributed by atoms with E-state index in [4.69, 9.17) is 0 Å². The Morgan fingerprint density at radius 1 is 1.32 bits per heavy atom. The minimum atomic E-state index is -0.463. The normalized spacial score (nSPS) is 13.6.